The first-order valence-corrected chi connectivity index (χ1v) is 9.06. The number of hydrogen-bond acceptors (Lipinski definition) is 5. The smallest absolute Gasteiger partial charge is 0.328 e. The minimum Gasteiger partial charge on any atom is -0.481 e. The van der Waals surface area contributed by atoms with E-state index in [1.54, 1.807) is 0 Å². The minimum atomic E-state index is -1.09. The first-order chi connectivity index (χ1) is 12.7. The molecule has 2 atom stereocenters. The van der Waals surface area contributed by atoms with E-state index in [4.69, 9.17) is 9.84 Å². The summed E-state index contributed by atoms with van der Waals surface area (Å²) in [7, 11) is 1.25. The van der Waals surface area contributed by atoms with Gasteiger partial charge >= 0.3 is 11.9 Å². The molecule has 7 heteroatoms. The van der Waals surface area contributed by atoms with Crippen molar-refractivity contribution in [2.75, 3.05) is 13.7 Å². The first kappa shape index (κ1) is 22.6. The van der Waals surface area contributed by atoms with Gasteiger partial charge in [-0.25, -0.2) is 4.79 Å². The number of carboxylic acids is 1. The Morgan fingerprint density at radius 1 is 1.15 bits per heavy atom. The molecule has 0 bridgehead atoms. The highest BCUT2D eigenvalue weighted by atomic mass is 16.5. The van der Waals surface area contributed by atoms with Gasteiger partial charge in [0.2, 0.25) is 5.91 Å². The summed E-state index contributed by atoms with van der Waals surface area (Å²) in [6.07, 6.45) is 0.768. The Labute approximate surface area is 160 Å². The average molecular weight is 378 g/mol. The lowest BCUT2D eigenvalue weighted by Crippen LogP contribution is -2.53. The van der Waals surface area contributed by atoms with Crippen LogP contribution in [-0.4, -0.2) is 48.7 Å². The second-order valence-corrected chi connectivity index (χ2v) is 7.32. The number of carbonyl (C=O) groups excluding carboxylic acids is 2. The van der Waals surface area contributed by atoms with Crippen LogP contribution in [0.2, 0.25) is 0 Å². The molecule has 0 aliphatic carbocycles. The predicted molar refractivity (Wildman–Crippen MR) is 102 cm³/mol. The summed E-state index contributed by atoms with van der Waals surface area (Å²) in [5.74, 6) is -2.19. The minimum absolute atomic E-state index is 0.0805. The molecule has 0 spiro atoms. The number of hydrogen-bond donors (Lipinski definition) is 3. The normalized spacial score (nSPS) is 13.5. The van der Waals surface area contributed by atoms with Crippen LogP contribution in [0.5, 0.6) is 0 Å². The molecule has 7 nitrogen and oxygen atoms in total. The van der Waals surface area contributed by atoms with E-state index in [-0.39, 0.29) is 18.3 Å². The lowest BCUT2D eigenvalue weighted by molar-refractivity contribution is -0.145. The van der Waals surface area contributed by atoms with E-state index in [0.29, 0.717) is 6.54 Å². The van der Waals surface area contributed by atoms with Crippen LogP contribution in [0.3, 0.4) is 0 Å². The number of rotatable bonds is 11. The average Bonchev–Trinajstić information content (AvgIpc) is 2.64. The lowest BCUT2D eigenvalue weighted by atomic mass is 9.90. The summed E-state index contributed by atoms with van der Waals surface area (Å²) < 4.78 is 4.79. The maximum absolute atomic E-state index is 12.7. The molecule has 0 heterocycles. The van der Waals surface area contributed by atoms with Crippen LogP contribution in [0.25, 0.3) is 0 Å². The zero-order valence-corrected chi connectivity index (χ0v) is 16.5. The van der Waals surface area contributed by atoms with Gasteiger partial charge in [-0.3, -0.25) is 9.59 Å². The summed E-state index contributed by atoms with van der Waals surface area (Å²) >= 11 is 0. The fourth-order valence-corrected chi connectivity index (χ4v) is 2.41. The number of benzene rings is 1. The number of carbonyl (C=O) groups is 3. The SMILES string of the molecule is CCC(C)(C)CN[C@H](CC(=O)O)C(=O)N[C@@H](Cc1ccccc1)C(=O)OC. The van der Waals surface area contributed by atoms with Crippen molar-refractivity contribution in [1.29, 1.82) is 0 Å². The van der Waals surface area contributed by atoms with Crippen LogP contribution in [0.1, 0.15) is 39.2 Å². The Bertz CT molecular complexity index is 631. The third-order valence-corrected chi connectivity index (χ3v) is 4.56. The molecule has 0 fully saturated rings. The Hall–Kier alpha value is -2.41. The molecule has 0 saturated heterocycles. The number of aliphatic carboxylic acids is 1. The molecule has 27 heavy (non-hydrogen) atoms. The fraction of sp³-hybridized carbons (Fsp3) is 0.550. The summed E-state index contributed by atoms with van der Waals surface area (Å²) in [4.78, 5) is 35.9. The van der Waals surface area contributed by atoms with Gasteiger partial charge in [-0.2, -0.15) is 0 Å². The quantitative estimate of drug-likeness (QED) is 0.507. The largest absolute Gasteiger partial charge is 0.481 e. The summed E-state index contributed by atoms with van der Waals surface area (Å²) in [6, 6.07) is 7.41. The standard InChI is InChI=1S/C20H30N2O5/c1-5-20(2,3)13-21-15(12-17(23)24)18(25)22-16(19(26)27-4)11-14-9-7-6-8-10-14/h6-10,15-16,21H,5,11-13H2,1-4H3,(H,22,25)(H,23,24)/t15-,16+/m1/s1. The molecule has 0 saturated carbocycles. The zero-order chi connectivity index (χ0) is 20.4. The molecule has 0 radical (unpaired) electrons. The van der Waals surface area contributed by atoms with Crippen molar-refractivity contribution in [1.82, 2.24) is 10.6 Å². The van der Waals surface area contributed by atoms with Gasteiger partial charge < -0.3 is 20.5 Å². The molecule has 0 aliphatic heterocycles. The van der Waals surface area contributed by atoms with Gasteiger partial charge in [-0.05, 0) is 17.4 Å². The Morgan fingerprint density at radius 2 is 1.78 bits per heavy atom. The predicted octanol–water partition coefficient (Wildman–Crippen LogP) is 1.76. The van der Waals surface area contributed by atoms with E-state index < -0.39 is 29.9 Å². The number of methoxy groups -OCH3 is 1. The van der Waals surface area contributed by atoms with Crippen molar-refractivity contribution in [2.24, 2.45) is 5.41 Å². The van der Waals surface area contributed by atoms with Gasteiger partial charge in [0.1, 0.15) is 6.04 Å². The van der Waals surface area contributed by atoms with Gasteiger partial charge in [-0.15, -0.1) is 0 Å². The third-order valence-electron chi connectivity index (χ3n) is 4.56. The number of nitrogens with one attached hydrogen (secondary N) is 2. The topological polar surface area (TPSA) is 105 Å². The number of amides is 1. The van der Waals surface area contributed by atoms with Crippen molar-refractivity contribution in [3.63, 3.8) is 0 Å². The van der Waals surface area contributed by atoms with Crippen molar-refractivity contribution < 1.29 is 24.2 Å². The molecule has 1 rings (SSSR count). The van der Waals surface area contributed by atoms with Crippen LogP contribution in [-0.2, 0) is 25.5 Å². The highest BCUT2D eigenvalue weighted by Gasteiger charge is 2.29. The molecule has 3 N–H and O–H groups in total. The summed E-state index contributed by atoms with van der Waals surface area (Å²) in [5.41, 5.74) is 0.783. The second kappa shape index (κ2) is 10.7. The molecule has 0 aromatic heterocycles. The van der Waals surface area contributed by atoms with Crippen molar-refractivity contribution in [3.05, 3.63) is 35.9 Å². The molecule has 0 unspecified atom stereocenters. The van der Waals surface area contributed by atoms with Crippen LogP contribution >= 0.6 is 0 Å². The summed E-state index contributed by atoms with van der Waals surface area (Å²) in [6.45, 7) is 6.57. The molecule has 150 valence electrons. The summed E-state index contributed by atoms with van der Waals surface area (Å²) in [5, 5.41) is 14.8. The highest BCUT2D eigenvalue weighted by molar-refractivity contribution is 5.90. The van der Waals surface area contributed by atoms with Crippen molar-refractivity contribution in [3.8, 4) is 0 Å². The Balaban J connectivity index is 2.86. The second-order valence-electron chi connectivity index (χ2n) is 7.32. The van der Waals surface area contributed by atoms with Crippen LogP contribution < -0.4 is 10.6 Å². The van der Waals surface area contributed by atoms with E-state index in [1.165, 1.54) is 7.11 Å². The molecule has 1 aromatic carbocycles. The molecular formula is C20H30N2O5. The molecule has 0 aliphatic rings. The maximum Gasteiger partial charge on any atom is 0.328 e. The molecule has 1 aromatic rings. The maximum atomic E-state index is 12.7. The van der Waals surface area contributed by atoms with E-state index in [9.17, 15) is 14.4 Å². The van der Waals surface area contributed by atoms with Crippen molar-refractivity contribution in [2.45, 2.75) is 52.1 Å². The Morgan fingerprint density at radius 3 is 2.30 bits per heavy atom. The highest BCUT2D eigenvalue weighted by Crippen LogP contribution is 2.18. The monoisotopic (exact) mass is 378 g/mol. The number of ether oxygens (including phenoxy) is 1. The lowest BCUT2D eigenvalue weighted by Gasteiger charge is -2.27. The van der Waals surface area contributed by atoms with E-state index >= 15 is 0 Å². The molecular weight excluding hydrogens is 348 g/mol. The number of carboxylic acid groups (broad SMARTS) is 1. The van der Waals surface area contributed by atoms with Crippen molar-refractivity contribution >= 4 is 17.8 Å². The van der Waals surface area contributed by atoms with E-state index in [2.05, 4.69) is 10.6 Å². The number of esters is 1. The third kappa shape index (κ3) is 8.21. The van der Waals surface area contributed by atoms with Gasteiger partial charge in [-0.1, -0.05) is 51.1 Å². The van der Waals surface area contributed by atoms with Gasteiger partial charge in [0, 0.05) is 13.0 Å². The van der Waals surface area contributed by atoms with Crippen LogP contribution in [0.4, 0.5) is 0 Å². The molecule has 1 amide bonds. The first-order valence-electron chi connectivity index (χ1n) is 9.06. The van der Waals surface area contributed by atoms with Gasteiger partial charge in [0.25, 0.3) is 0 Å². The van der Waals surface area contributed by atoms with Crippen LogP contribution in [0.15, 0.2) is 30.3 Å². The Kier molecular flexibility index (Phi) is 8.94. The fourth-order valence-electron chi connectivity index (χ4n) is 2.41. The van der Waals surface area contributed by atoms with E-state index in [0.717, 1.165) is 12.0 Å². The van der Waals surface area contributed by atoms with Gasteiger partial charge in [0.15, 0.2) is 0 Å². The van der Waals surface area contributed by atoms with Crippen LogP contribution in [0, 0.1) is 5.41 Å². The van der Waals surface area contributed by atoms with Gasteiger partial charge in [0.05, 0.1) is 19.6 Å². The van der Waals surface area contributed by atoms with E-state index in [1.807, 2.05) is 51.1 Å². The zero-order valence-electron chi connectivity index (χ0n) is 16.5.